The summed E-state index contributed by atoms with van der Waals surface area (Å²) in [5.41, 5.74) is 1.48. The van der Waals surface area contributed by atoms with Gasteiger partial charge in [0.1, 0.15) is 11.3 Å². The van der Waals surface area contributed by atoms with E-state index in [0.29, 0.717) is 22.0 Å². The third-order valence-corrected chi connectivity index (χ3v) is 4.78. The number of nitrogens with one attached hydrogen (secondary N) is 2. The van der Waals surface area contributed by atoms with Gasteiger partial charge in [-0.15, -0.1) is 0 Å². The third kappa shape index (κ3) is 3.94. The molecule has 6 heteroatoms. The van der Waals surface area contributed by atoms with E-state index >= 15 is 0 Å². The lowest BCUT2D eigenvalue weighted by Crippen LogP contribution is -2.30. The van der Waals surface area contributed by atoms with Crippen LogP contribution in [0, 0.1) is 13.8 Å². The number of piperidine rings is 1. The summed E-state index contributed by atoms with van der Waals surface area (Å²) in [6.45, 7) is 5.43. The first-order valence-electron chi connectivity index (χ1n) is 8.38. The number of carbonyl (C=O) groups excluding carboxylic acids is 1. The Hall–Kier alpha value is -2.11. The van der Waals surface area contributed by atoms with Crippen LogP contribution in [0.15, 0.2) is 33.5 Å². The highest BCUT2D eigenvalue weighted by Gasteiger charge is 2.22. The van der Waals surface area contributed by atoms with Gasteiger partial charge in [-0.3, -0.25) is 4.79 Å². The fourth-order valence-corrected chi connectivity index (χ4v) is 3.39. The monoisotopic (exact) mass is 360 g/mol. The molecule has 1 aromatic carbocycles. The van der Waals surface area contributed by atoms with Gasteiger partial charge < -0.3 is 15.1 Å². The van der Waals surface area contributed by atoms with Crippen molar-refractivity contribution in [2.45, 2.75) is 32.6 Å². The van der Waals surface area contributed by atoms with Gasteiger partial charge in [0.05, 0.1) is 10.7 Å². The lowest BCUT2D eigenvalue weighted by atomic mass is 9.95. The molecule has 25 heavy (non-hydrogen) atoms. The van der Waals surface area contributed by atoms with Crippen molar-refractivity contribution in [1.82, 2.24) is 5.32 Å². The topological polar surface area (TPSA) is 71.3 Å². The van der Waals surface area contributed by atoms with Gasteiger partial charge in [-0.2, -0.15) is 0 Å². The van der Waals surface area contributed by atoms with E-state index < -0.39 is 11.5 Å². The van der Waals surface area contributed by atoms with Crippen LogP contribution in [0.2, 0.25) is 5.02 Å². The van der Waals surface area contributed by atoms with Gasteiger partial charge in [0.15, 0.2) is 0 Å². The van der Waals surface area contributed by atoms with Crippen LogP contribution in [0.25, 0.3) is 0 Å². The SMILES string of the molecule is Cc1ccc(NC(=O)c2c(C)cc(C3CCCNC3)oc2=O)c(Cl)c1. The van der Waals surface area contributed by atoms with E-state index in [1.807, 2.05) is 13.0 Å². The maximum absolute atomic E-state index is 12.5. The van der Waals surface area contributed by atoms with Crippen LogP contribution in [-0.2, 0) is 0 Å². The molecule has 2 heterocycles. The minimum absolute atomic E-state index is 0.0177. The number of hydrogen-bond acceptors (Lipinski definition) is 4. The summed E-state index contributed by atoms with van der Waals surface area (Å²) >= 11 is 6.14. The van der Waals surface area contributed by atoms with Crippen LogP contribution in [0.4, 0.5) is 5.69 Å². The average molecular weight is 361 g/mol. The first kappa shape index (κ1) is 17.7. The predicted molar refractivity (Wildman–Crippen MR) is 98.7 cm³/mol. The van der Waals surface area contributed by atoms with E-state index in [4.69, 9.17) is 16.0 Å². The summed E-state index contributed by atoms with van der Waals surface area (Å²) in [7, 11) is 0. The minimum Gasteiger partial charge on any atom is -0.427 e. The number of benzene rings is 1. The van der Waals surface area contributed by atoms with Gasteiger partial charge in [-0.25, -0.2) is 4.79 Å². The van der Waals surface area contributed by atoms with Gasteiger partial charge in [0.2, 0.25) is 0 Å². The molecule has 1 saturated heterocycles. The molecule has 0 radical (unpaired) electrons. The fourth-order valence-electron chi connectivity index (χ4n) is 3.11. The molecular weight excluding hydrogens is 340 g/mol. The van der Waals surface area contributed by atoms with E-state index in [2.05, 4.69) is 10.6 Å². The van der Waals surface area contributed by atoms with Crippen molar-refractivity contribution < 1.29 is 9.21 Å². The van der Waals surface area contributed by atoms with Crippen molar-refractivity contribution >= 4 is 23.2 Å². The molecule has 0 spiro atoms. The van der Waals surface area contributed by atoms with Gasteiger partial charge >= 0.3 is 5.63 Å². The lowest BCUT2D eigenvalue weighted by molar-refractivity contribution is 0.102. The van der Waals surface area contributed by atoms with E-state index in [1.165, 1.54) is 0 Å². The number of halogens is 1. The number of carbonyl (C=O) groups is 1. The summed E-state index contributed by atoms with van der Waals surface area (Å²) in [4.78, 5) is 24.9. The van der Waals surface area contributed by atoms with Gasteiger partial charge in [-0.05, 0) is 62.6 Å². The molecule has 1 unspecified atom stereocenters. The predicted octanol–water partition coefficient (Wildman–Crippen LogP) is 3.63. The zero-order chi connectivity index (χ0) is 18.0. The van der Waals surface area contributed by atoms with Crippen LogP contribution in [0.5, 0.6) is 0 Å². The Kier molecular flexibility index (Phi) is 5.25. The van der Waals surface area contributed by atoms with Crippen molar-refractivity contribution in [1.29, 1.82) is 0 Å². The fraction of sp³-hybridized carbons (Fsp3) is 0.368. The molecule has 5 nitrogen and oxygen atoms in total. The molecule has 1 aliphatic rings. The Morgan fingerprint density at radius 2 is 2.12 bits per heavy atom. The van der Waals surface area contributed by atoms with Gasteiger partial charge in [-0.1, -0.05) is 17.7 Å². The molecule has 1 atom stereocenters. The highest BCUT2D eigenvalue weighted by atomic mass is 35.5. The molecule has 2 N–H and O–H groups in total. The largest absolute Gasteiger partial charge is 0.427 e. The van der Waals surface area contributed by atoms with E-state index in [0.717, 1.165) is 31.5 Å². The second-order valence-corrected chi connectivity index (χ2v) is 6.88. The zero-order valence-corrected chi connectivity index (χ0v) is 15.1. The van der Waals surface area contributed by atoms with E-state index in [1.54, 1.807) is 25.1 Å². The summed E-state index contributed by atoms with van der Waals surface area (Å²) in [6, 6.07) is 7.11. The number of rotatable bonds is 3. The van der Waals surface area contributed by atoms with Crippen LogP contribution in [0.1, 0.15) is 46.0 Å². The third-order valence-electron chi connectivity index (χ3n) is 4.47. The maximum Gasteiger partial charge on any atom is 0.349 e. The van der Waals surface area contributed by atoms with Gasteiger partial charge in [0.25, 0.3) is 5.91 Å². The Labute approximate surface area is 151 Å². The van der Waals surface area contributed by atoms with E-state index in [-0.39, 0.29) is 11.5 Å². The highest BCUT2D eigenvalue weighted by molar-refractivity contribution is 6.34. The molecular formula is C19H21ClN2O3. The molecule has 1 aliphatic heterocycles. The molecule has 0 bridgehead atoms. The van der Waals surface area contributed by atoms with Crippen LogP contribution in [0.3, 0.4) is 0 Å². The standard InChI is InChI=1S/C19H21ClN2O3/c1-11-5-6-15(14(20)8-11)22-18(23)17-12(2)9-16(25-19(17)24)13-4-3-7-21-10-13/h5-6,8-9,13,21H,3-4,7,10H2,1-2H3,(H,22,23). The number of aryl methyl sites for hydroxylation is 2. The summed E-state index contributed by atoms with van der Waals surface area (Å²) in [6.07, 6.45) is 2.02. The second-order valence-electron chi connectivity index (χ2n) is 6.47. The smallest absolute Gasteiger partial charge is 0.349 e. The summed E-state index contributed by atoms with van der Waals surface area (Å²) in [5, 5.41) is 6.42. The first-order valence-corrected chi connectivity index (χ1v) is 8.76. The minimum atomic E-state index is -0.610. The Morgan fingerprint density at radius 3 is 2.76 bits per heavy atom. The molecule has 3 rings (SSSR count). The lowest BCUT2D eigenvalue weighted by Gasteiger charge is -2.22. The van der Waals surface area contributed by atoms with Crippen molar-refractivity contribution in [3.8, 4) is 0 Å². The molecule has 1 amide bonds. The molecule has 2 aromatic rings. The Bertz CT molecular complexity index is 854. The average Bonchev–Trinajstić information content (AvgIpc) is 2.57. The van der Waals surface area contributed by atoms with Crippen molar-refractivity contribution in [2.24, 2.45) is 0 Å². The molecule has 1 fully saturated rings. The Balaban J connectivity index is 1.86. The molecule has 1 aromatic heterocycles. The highest BCUT2D eigenvalue weighted by Crippen LogP contribution is 2.25. The van der Waals surface area contributed by atoms with Crippen LogP contribution >= 0.6 is 11.6 Å². The van der Waals surface area contributed by atoms with Crippen molar-refractivity contribution in [3.05, 3.63) is 62.2 Å². The number of anilines is 1. The zero-order valence-electron chi connectivity index (χ0n) is 14.3. The molecule has 132 valence electrons. The number of hydrogen-bond donors (Lipinski definition) is 2. The first-order chi connectivity index (χ1) is 12.0. The second kappa shape index (κ2) is 7.42. The van der Waals surface area contributed by atoms with Crippen molar-refractivity contribution in [2.75, 3.05) is 18.4 Å². The van der Waals surface area contributed by atoms with Crippen LogP contribution < -0.4 is 16.3 Å². The van der Waals surface area contributed by atoms with Crippen molar-refractivity contribution in [3.63, 3.8) is 0 Å². The van der Waals surface area contributed by atoms with E-state index in [9.17, 15) is 9.59 Å². The van der Waals surface area contributed by atoms with Crippen LogP contribution in [-0.4, -0.2) is 19.0 Å². The quantitative estimate of drug-likeness (QED) is 0.876. The maximum atomic E-state index is 12.5. The van der Waals surface area contributed by atoms with Gasteiger partial charge in [0, 0.05) is 12.5 Å². The molecule has 0 saturated carbocycles. The summed E-state index contributed by atoms with van der Waals surface area (Å²) in [5.74, 6) is 0.300. The normalized spacial score (nSPS) is 17.3. The molecule has 0 aliphatic carbocycles. The summed E-state index contributed by atoms with van der Waals surface area (Å²) < 4.78 is 5.45. The Morgan fingerprint density at radius 1 is 1.32 bits per heavy atom. The number of amides is 1.